The first-order valence-corrected chi connectivity index (χ1v) is 8.55. The second-order valence-electron chi connectivity index (χ2n) is 5.28. The van der Waals surface area contributed by atoms with Crippen LogP contribution in [0.1, 0.15) is 5.89 Å². The SMILES string of the molecule is COc1cc(-c2nnc(COc3ccc(F)cc3Br)o2)cc(OC)c1OC. The Labute approximate surface area is 163 Å². The van der Waals surface area contributed by atoms with Gasteiger partial charge in [-0.3, -0.25) is 0 Å². The van der Waals surface area contributed by atoms with Crippen LogP contribution < -0.4 is 18.9 Å². The van der Waals surface area contributed by atoms with E-state index in [0.29, 0.717) is 33.0 Å². The van der Waals surface area contributed by atoms with E-state index in [9.17, 15) is 4.39 Å². The largest absolute Gasteiger partial charge is 0.493 e. The van der Waals surface area contributed by atoms with Gasteiger partial charge in [0.1, 0.15) is 11.6 Å². The average Bonchev–Trinajstić information content (AvgIpc) is 3.15. The highest BCUT2D eigenvalue weighted by molar-refractivity contribution is 9.10. The highest BCUT2D eigenvalue weighted by Crippen LogP contribution is 2.40. The van der Waals surface area contributed by atoms with Crippen LogP contribution in [0.5, 0.6) is 23.0 Å². The Morgan fingerprint density at radius 3 is 2.26 bits per heavy atom. The van der Waals surface area contributed by atoms with Crippen molar-refractivity contribution in [2.45, 2.75) is 6.61 Å². The Bertz CT molecular complexity index is 922. The number of hydrogen-bond acceptors (Lipinski definition) is 7. The standard InChI is InChI=1S/C18H16BrFN2O5/c1-23-14-6-10(7-15(24-2)17(14)25-3)18-22-21-16(27-18)9-26-13-5-4-11(20)8-12(13)19/h4-8H,9H2,1-3H3. The highest BCUT2D eigenvalue weighted by Gasteiger charge is 2.18. The molecule has 0 saturated heterocycles. The van der Waals surface area contributed by atoms with Gasteiger partial charge in [0.15, 0.2) is 18.1 Å². The summed E-state index contributed by atoms with van der Waals surface area (Å²) >= 11 is 3.24. The molecule has 0 atom stereocenters. The summed E-state index contributed by atoms with van der Waals surface area (Å²) < 4.78 is 40.8. The number of hydrogen-bond donors (Lipinski definition) is 0. The van der Waals surface area contributed by atoms with Crippen LogP contribution in [0.15, 0.2) is 39.2 Å². The van der Waals surface area contributed by atoms with Crippen LogP contribution in [-0.4, -0.2) is 31.5 Å². The van der Waals surface area contributed by atoms with Crippen LogP contribution >= 0.6 is 15.9 Å². The molecule has 9 heteroatoms. The number of methoxy groups -OCH3 is 3. The second-order valence-corrected chi connectivity index (χ2v) is 6.13. The zero-order valence-corrected chi connectivity index (χ0v) is 16.4. The molecule has 0 aliphatic rings. The minimum atomic E-state index is -0.364. The fourth-order valence-electron chi connectivity index (χ4n) is 2.36. The Kier molecular flexibility index (Phi) is 5.80. The van der Waals surface area contributed by atoms with Gasteiger partial charge in [-0.1, -0.05) is 0 Å². The molecule has 1 heterocycles. The molecule has 0 fully saturated rings. The highest BCUT2D eigenvalue weighted by atomic mass is 79.9. The summed E-state index contributed by atoms with van der Waals surface area (Å²) in [7, 11) is 4.57. The summed E-state index contributed by atoms with van der Waals surface area (Å²) in [6.45, 7) is 0.0294. The van der Waals surface area contributed by atoms with Crippen LogP contribution in [0.25, 0.3) is 11.5 Å². The van der Waals surface area contributed by atoms with E-state index in [0.717, 1.165) is 0 Å². The maximum absolute atomic E-state index is 13.1. The average molecular weight is 439 g/mol. The molecule has 7 nitrogen and oxygen atoms in total. The predicted molar refractivity (Wildman–Crippen MR) is 97.8 cm³/mol. The third kappa shape index (κ3) is 4.13. The van der Waals surface area contributed by atoms with Gasteiger partial charge in [-0.05, 0) is 46.3 Å². The molecule has 0 bridgehead atoms. The van der Waals surface area contributed by atoms with Gasteiger partial charge in [0, 0.05) is 5.56 Å². The maximum atomic E-state index is 13.1. The zero-order valence-electron chi connectivity index (χ0n) is 14.8. The molecule has 27 heavy (non-hydrogen) atoms. The summed E-state index contributed by atoms with van der Waals surface area (Å²) in [5, 5.41) is 7.99. The molecule has 0 aliphatic heterocycles. The molecular formula is C18H16BrFN2O5. The molecule has 3 rings (SSSR count). The van der Waals surface area contributed by atoms with E-state index >= 15 is 0 Å². The van der Waals surface area contributed by atoms with Gasteiger partial charge in [-0.2, -0.15) is 0 Å². The normalized spacial score (nSPS) is 10.6. The summed E-state index contributed by atoms with van der Waals surface area (Å²) in [5.74, 6) is 2.03. The van der Waals surface area contributed by atoms with E-state index in [1.165, 1.54) is 39.5 Å². The quantitative estimate of drug-likeness (QED) is 0.545. The lowest BCUT2D eigenvalue weighted by atomic mass is 10.2. The molecule has 0 unspecified atom stereocenters. The fraction of sp³-hybridized carbons (Fsp3) is 0.222. The number of benzene rings is 2. The molecule has 0 spiro atoms. The van der Waals surface area contributed by atoms with Gasteiger partial charge in [-0.15, -0.1) is 10.2 Å². The topological polar surface area (TPSA) is 75.8 Å². The lowest BCUT2D eigenvalue weighted by molar-refractivity contribution is 0.262. The first-order valence-electron chi connectivity index (χ1n) is 7.76. The predicted octanol–water partition coefficient (Wildman–Crippen LogP) is 4.24. The van der Waals surface area contributed by atoms with Crippen molar-refractivity contribution in [1.82, 2.24) is 10.2 Å². The Hall–Kier alpha value is -2.81. The van der Waals surface area contributed by atoms with Crippen molar-refractivity contribution in [2.24, 2.45) is 0 Å². The first-order chi connectivity index (χ1) is 13.0. The van der Waals surface area contributed by atoms with Crippen molar-refractivity contribution in [3.8, 4) is 34.5 Å². The Morgan fingerprint density at radius 1 is 0.963 bits per heavy atom. The number of nitrogens with zero attached hydrogens (tertiary/aromatic N) is 2. The van der Waals surface area contributed by atoms with Crippen LogP contribution in [0.4, 0.5) is 4.39 Å². The number of aromatic nitrogens is 2. The van der Waals surface area contributed by atoms with Crippen LogP contribution in [-0.2, 0) is 6.61 Å². The Morgan fingerprint density at radius 2 is 1.67 bits per heavy atom. The second kappa shape index (κ2) is 8.26. The van der Waals surface area contributed by atoms with E-state index in [1.54, 1.807) is 12.1 Å². The van der Waals surface area contributed by atoms with Gasteiger partial charge in [0.25, 0.3) is 5.89 Å². The van der Waals surface area contributed by atoms with Gasteiger partial charge < -0.3 is 23.4 Å². The van der Waals surface area contributed by atoms with Gasteiger partial charge >= 0.3 is 0 Å². The summed E-state index contributed by atoms with van der Waals surface area (Å²) in [4.78, 5) is 0. The van der Waals surface area contributed by atoms with Crippen LogP contribution in [0.3, 0.4) is 0 Å². The molecular weight excluding hydrogens is 423 g/mol. The van der Waals surface area contributed by atoms with Gasteiger partial charge in [-0.25, -0.2) is 4.39 Å². The lowest BCUT2D eigenvalue weighted by Crippen LogP contribution is -1.96. The smallest absolute Gasteiger partial charge is 0.254 e. The van der Waals surface area contributed by atoms with Crippen molar-refractivity contribution < 1.29 is 27.8 Å². The number of rotatable bonds is 7. The van der Waals surface area contributed by atoms with Crippen molar-refractivity contribution in [3.63, 3.8) is 0 Å². The van der Waals surface area contributed by atoms with Crippen molar-refractivity contribution in [1.29, 1.82) is 0 Å². The molecule has 1 aromatic heterocycles. The molecule has 142 valence electrons. The lowest BCUT2D eigenvalue weighted by Gasteiger charge is -2.12. The van der Waals surface area contributed by atoms with Crippen molar-refractivity contribution >= 4 is 15.9 Å². The molecule has 0 saturated carbocycles. The molecule has 0 amide bonds. The molecule has 2 aromatic carbocycles. The first kappa shape index (κ1) is 19.0. The Balaban J connectivity index is 1.81. The van der Waals surface area contributed by atoms with E-state index < -0.39 is 0 Å². The zero-order chi connectivity index (χ0) is 19.4. The summed E-state index contributed by atoms with van der Waals surface area (Å²) in [6.07, 6.45) is 0. The van der Waals surface area contributed by atoms with Crippen molar-refractivity contribution in [3.05, 3.63) is 46.5 Å². The fourth-order valence-corrected chi connectivity index (χ4v) is 2.83. The number of ether oxygens (including phenoxy) is 4. The molecule has 0 radical (unpaired) electrons. The van der Waals surface area contributed by atoms with Crippen LogP contribution in [0.2, 0.25) is 0 Å². The van der Waals surface area contributed by atoms with E-state index in [-0.39, 0.29) is 24.2 Å². The minimum absolute atomic E-state index is 0.0294. The third-order valence-electron chi connectivity index (χ3n) is 3.62. The summed E-state index contributed by atoms with van der Waals surface area (Å²) in [6, 6.07) is 7.53. The number of halogens is 2. The van der Waals surface area contributed by atoms with E-state index in [2.05, 4.69) is 26.1 Å². The minimum Gasteiger partial charge on any atom is -0.493 e. The molecule has 3 aromatic rings. The molecule has 0 aliphatic carbocycles. The summed E-state index contributed by atoms with van der Waals surface area (Å²) in [5.41, 5.74) is 0.603. The van der Waals surface area contributed by atoms with E-state index in [1.807, 2.05) is 0 Å². The van der Waals surface area contributed by atoms with E-state index in [4.69, 9.17) is 23.4 Å². The molecule has 0 N–H and O–H groups in total. The monoisotopic (exact) mass is 438 g/mol. The third-order valence-corrected chi connectivity index (χ3v) is 4.24. The van der Waals surface area contributed by atoms with Crippen LogP contribution in [0, 0.1) is 5.82 Å². The van der Waals surface area contributed by atoms with Gasteiger partial charge in [0.05, 0.1) is 25.8 Å². The maximum Gasteiger partial charge on any atom is 0.254 e. The van der Waals surface area contributed by atoms with Gasteiger partial charge in [0.2, 0.25) is 11.6 Å². The van der Waals surface area contributed by atoms with Crippen molar-refractivity contribution in [2.75, 3.05) is 21.3 Å².